The van der Waals surface area contributed by atoms with E-state index >= 15 is 0 Å². The van der Waals surface area contributed by atoms with E-state index in [0.29, 0.717) is 22.9 Å². The van der Waals surface area contributed by atoms with Crippen molar-refractivity contribution in [2.75, 3.05) is 11.9 Å². The molecule has 5 nitrogen and oxygen atoms in total. The number of carbonyl (C=O) groups excluding carboxylic acids is 2. The van der Waals surface area contributed by atoms with E-state index in [1.807, 2.05) is 45.0 Å². The Morgan fingerprint density at radius 2 is 1.70 bits per heavy atom. The first-order chi connectivity index (χ1) is 12.6. The molecule has 0 bridgehead atoms. The molecule has 0 fully saturated rings. The van der Waals surface area contributed by atoms with E-state index in [0.717, 1.165) is 0 Å². The smallest absolute Gasteiger partial charge is 0.262 e. The number of ether oxygens (including phenoxy) is 1. The van der Waals surface area contributed by atoms with Crippen LogP contribution in [0.2, 0.25) is 0 Å². The van der Waals surface area contributed by atoms with E-state index in [2.05, 4.69) is 24.5 Å². The van der Waals surface area contributed by atoms with Crippen molar-refractivity contribution in [1.29, 1.82) is 0 Å². The highest BCUT2D eigenvalue weighted by Crippen LogP contribution is 2.18. The van der Waals surface area contributed by atoms with Crippen molar-refractivity contribution in [2.45, 2.75) is 46.1 Å². The van der Waals surface area contributed by atoms with Crippen molar-refractivity contribution in [3.63, 3.8) is 0 Å². The molecule has 27 heavy (non-hydrogen) atoms. The molecule has 0 aliphatic carbocycles. The summed E-state index contributed by atoms with van der Waals surface area (Å²) < 4.78 is 5.53. The van der Waals surface area contributed by atoms with E-state index in [9.17, 15) is 9.59 Å². The van der Waals surface area contributed by atoms with Gasteiger partial charge in [0.05, 0.1) is 0 Å². The molecular weight excluding hydrogens is 340 g/mol. The summed E-state index contributed by atoms with van der Waals surface area (Å²) in [5.41, 5.74) is 1.94. The molecule has 2 amide bonds. The van der Waals surface area contributed by atoms with Gasteiger partial charge in [0.2, 0.25) is 0 Å². The van der Waals surface area contributed by atoms with E-state index in [1.54, 1.807) is 24.3 Å². The Morgan fingerprint density at radius 3 is 2.30 bits per heavy atom. The van der Waals surface area contributed by atoms with Crippen LogP contribution in [-0.2, 0) is 4.79 Å². The van der Waals surface area contributed by atoms with Crippen LogP contribution in [0.25, 0.3) is 0 Å². The maximum atomic E-state index is 12.2. The normalized spacial score (nSPS) is 11.2. The Kier molecular flexibility index (Phi) is 6.61. The van der Waals surface area contributed by atoms with Gasteiger partial charge < -0.3 is 15.4 Å². The summed E-state index contributed by atoms with van der Waals surface area (Å²) in [4.78, 5) is 24.4. The summed E-state index contributed by atoms with van der Waals surface area (Å²) in [6.07, 6.45) is 0. The summed E-state index contributed by atoms with van der Waals surface area (Å²) in [6.45, 7) is 9.91. The molecule has 144 valence electrons. The van der Waals surface area contributed by atoms with Gasteiger partial charge in [-0.2, -0.15) is 0 Å². The van der Waals surface area contributed by atoms with Gasteiger partial charge in [-0.25, -0.2) is 0 Å². The minimum absolute atomic E-state index is 0.0978. The monoisotopic (exact) mass is 368 g/mol. The molecule has 0 aliphatic heterocycles. The molecule has 0 aliphatic rings. The number of benzene rings is 2. The zero-order valence-electron chi connectivity index (χ0n) is 16.6. The van der Waals surface area contributed by atoms with Gasteiger partial charge in [-0.3, -0.25) is 9.59 Å². The Morgan fingerprint density at radius 1 is 1.04 bits per heavy atom. The molecule has 0 unspecified atom stereocenters. The predicted octanol–water partition coefficient (Wildman–Crippen LogP) is 4.36. The lowest BCUT2D eigenvalue weighted by Crippen LogP contribution is -2.40. The van der Waals surface area contributed by atoms with Gasteiger partial charge in [0.25, 0.3) is 11.8 Å². The maximum absolute atomic E-state index is 12.2. The summed E-state index contributed by atoms with van der Waals surface area (Å²) in [6, 6.07) is 14.5. The molecule has 0 atom stereocenters. The summed E-state index contributed by atoms with van der Waals surface area (Å²) in [7, 11) is 0. The van der Waals surface area contributed by atoms with E-state index in [-0.39, 0.29) is 24.0 Å². The van der Waals surface area contributed by atoms with Gasteiger partial charge in [-0.05, 0) is 62.6 Å². The highest BCUT2D eigenvalue weighted by atomic mass is 16.5. The second kappa shape index (κ2) is 8.71. The third kappa shape index (κ3) is 6.77. The maximum Gasteiger partial charge on any atom is 0.262 e. The SMILES string of the molecule is CC(C)c1ccc(OCC(=O)Nc2cccc(C(=O)NC(C)(C)C)c2)cc1. The van der Waals surface area contributed by atoms with Crippen molar-refractivity contribution >= 4 is 17.5 Å². The number of amides is 2. The molecule has 0 saturated carbocycles. The fourth-order valence-electron chi connectivity index (χ4n) is 2.45. The second-order valence-corrected chi connectivity index (χ2v) is 7.85. The van der Waals surface area contributed by atoms with Crippen molar-refractivity contribution in [3.05, 3.63) is 59.7 Å². The molecule has 5 heteroatoms. The van der Waals surface area contributed by atoms with Crippen LogP contribution in [-0.4, -0.2) is 24.0 Å². The Labute approximate surface area is 161 Å². The Balaban J connectivity index is 1.92. The molecule has 0 spiro atoms. The molecule has 0 radical (unpaired) electrons. The summed E-state index contributed by atoms with van der Waals surface area (Å²) >= 11 is 0. The first kappa shape index (κ1) is 20.5. The van der Waals surface area contributed by atoms with E-state index in [1.165, 1.54) is 5.56 Å². The van der Waals surface area contributed by atoms with Gasteiger partial charge in [0, 0.05) is 16.8 Å². The molecule has 0 heterocycles. The highest BCUT2D eigenvalue weighted by Gasteiger charge is 2.15. The topological polar surface area (TPSA) is 67.4 Å². The van der Waals surface area contributed by atoms with Gasteiger partial charge in [-0.1, -0.05) is 32.0 Å². The van der Waals surface area contributed by atoms with Gasteiger partial charge in [-0.15, -0.1) is 0 Å². The largest absolute Gasteiger partial charge is 0.484 e. The van der Waals surface area contributed by atoms with Crippen LogP contribution in [0.5, 0.6) is 5.75 Å². The third-order valence-corrected chi connectivity index (χ3v) is 3.81. The first-order valence-corrected chi connectivity index (χ1v) is 9.09. The molecular formula is C22H28N2O3. The van der Waals surface area contributed by atoms with Crippen LogP contribution in [0.1, 0.15) is 56.5 Å². The number of carbonyl (C=O) groups is 2. The van der Waals surface area contributed by atoms with Crippen molar-refractivity contribution in [1.82, 2.24) is 5.32 Å². The third-order valence-electron chi connectivity index (χ3n) is 3.81. The van der Waals surface area contributed by atoms with Crippen LogP contribution in [0, 0.1) is 0 Å². The average Bonchev–Trinajstić information content (AvgIpc) is 2.59. The number of hydrogen-bond acceptors (Lipinski definition) is 3. The zero-order chi connectivity index (χ0) is 20.0. The highest BCUT2D eigenvalue weighted by molar-refractivity contribution is 5.97. The Hall–Kier alpha value is -2.82. The van der Waals surface area contributed by atoms with Crippen molar-refractivity contribution in [3.8, 4) is 5.75 Å². The quantitative estimate of drug-likeness (QED) is 0.796. The fraction of sp³-hybridized carbons (Fsp3) is 0.364. The number of hydrogen-bond donors (Lipinski definition) is 2. The second-order valence-electron chi connectivity index (χ2n) is 7.85. The van der Waals surface area contributed by atoms with Gasteiger partial charge in [0.1, 0.15) is 5.75 Å². The number of nitrogens with one attached hydrogen (secondary N) is 2. The van der Waals surface area contributed by atoms with Crippen LogP contribution in [0.4, 0.5) is 5.69 Å². The predicted molar refractivity (Wildman–Crippen MR) is 108 cm³/mol. The number of rotatable bonds is 6. The molecule has 2 N–H and O–H groups in total. The van der Waals surface area contributed by atoms with E-state index < -0.39 is 0 Å². The average molecular weight is 368 g/mol. The Bertz CT molecular complexity index is 790. The lowest BCUT2D eigenvalue weighted by Gasteiger charge is -2.20. The standard InChI is InChI=1S/C22H28N2O3/c1-15(2)16-9-11-19(12-10-16)27-14-20(25)23-18-8-6-7-17(13-18)21(26)24-22(3,4)5/h6-13,15H,14H2,1-5H3,(H,23,25)(H,24,26). The minimum atomic E-state index is -0.324. The fourth-order valence-corrected chi connectivity index (χ4v) is 2.45. The van der Waals surface area contributed by atoms with Crippen molar-refractivity contribution in [2.24, 2.45) is 0 Å². The molecule has 0 saturated heterocycles. The summed E-state index contributed by atoms with van der Waals surface area (Å²) in [5.74, 6) is 0.634. The van der Waals surface area contributed by atoms with Crippen LogP contribution in [0.3, 0.4) is 0 Å². The zero-order valence-corrected chi connectivity index (χ0v) is 16.6. The first-order valence-electron chi connectivity index (χ1n) is 9.09. The van der Waals surface area contributed by atoms with Crippen molar-refractivity contribution < 1.29 is 14.3 Å². The molecule has 2 aromatic carbocycles. The molecule has 0 aromatic heterocycles. The van der Waals surface area contributed by atoms with Gasteiger partial charge >= 0.3 is 0 Å². The van der Waals surface area contributed by atoms with Crippen LogP contribution < -0.4 is 15.4 Å². The molecule has 2 aromatic rings. The lowest BCUT2D eigenvalue weighted by atomic mass is 10.0. The van der Waals surface area contributed by atoms with Gasteiger partial charge in [0.15, 0.2) is 6.61 Å². The summed E-state index contributed by atoms with van der Waals surface area (Å²) in [5, 5.41) is 5.65. The minimum Gasteiger partial charge on any atom is -0.484 e. The van der Waals surface area contributed by atoms with Crippen LogP contribution in [0.15, 0.2) is 48.5 Å². The molecule has 2 rings (SSSR count). The van der Waals surface area contributed by atoms with Crippen LogP contribution >= 0.6 is 0 Å². The van der Waals surface area contributed by atoms with E-state index in [4.69, 9.17) is 4.74 Å². The lowest BCUT2D eigenvalue weighted by molar-refractivity contribution is -0.118. The number of anilines is 1.